The molecule has 0 unspecified atom stereocenters. The molecule has 1 aliphatic heterocycles. The Hall–Kier alpha value is -3.74. The normalized spacial score (nSPS) is 18.2. The Labute approximate surface area is 165 Å². The lowest BCUT2D eigenvalue weighted by Gasteiger charge is -2.33. The number of non-ortho nitro benzene ring substituents is 1. The number of aromatic nitrogens is 2. The summed E-state index contributed by atoms with van der Waals surface area (Å²) in [6.45, 7) is 0. The van der Waals surface area contributed by atoms with Gasteiger partial charge in [0.2, 0.25) is 5.95 Å². The van der Waals surface area contributed by atoms with Gasteiger partial charge in [0.25, 0.3) is 5.69 Å². The molecule has 1 N–H and O–H groups in total. The average Bonchev–Trinajstić information content (AvgIpc) is 3.12. The molecule has 0 fully saturated rings. The summed E-state index contributed by atoms with van der Waals surface area (Å²) in [5.74, 6) is 0.350. The fourth-order valence-electron chi connectivity index (χ4n) is 4.09. The highest BCUT2D eigenvalue weighted by atomic mass is 19.1. The van der Waals surface area contributed by atoms with Gasteiger partial charge in [0.15, 0.2) is 0 Å². The van der Waals surface area contributed by atoms with Crippen LogP contribution in [0.15, 0.2) is 72.8 Å². The number of fused-ring (bicyclic) bond motifs is 3. The molecule has 144 valence electrons. The number of nitrogens with zero attached hydrogens (tertiary/aromatic N) is 3. The van der Waals surface area contributed by atoms with Crippen LogP contribution >= 0.6 is 0 Å². The van der Waals surface area contributed by atoms with E-state index in [1.165, 1.54) is 12.1 Å². The maximum Gasteiger partial charge on any atom is 0.269 e. The van der Waals surface area contributed by atoms with Crippen molar-refractivity contribution >= 4 is 22.7 Å². The first-order valence-corrected chi connectivity index (χ1v) is 9.34. The molecule has 0 spiro atoms. The zero-order valence-electron chi connectivity index (χ0n) is 15.3. The van der Waals surface area contributed by atoms with Gasteiger partial charge >= 0.3 is 0 Å². The van der Waals surface area contributed by atoms with Crippen molar-refractivity contribution in [2.45, 2.75) is 18.5 Å². The molecule has 1 aromatic heterocycles. The van der Waals surface area contributed by atoms with Crippen LogP contribution in [0.4, 0.5) is 16.0 Å². The number of rotatable bonds is 3. The molecule has 7 heteroatoms. The summed E-state index contributed by atoms with van der Waals surface area (Å²) in [5, 5.41) is 14.6. The maximum atomic E-state index is 14.7. The van der Waals surface area contributed by atoms with E-state index in [2.05, 4.69) is 10.3 Å². The smallest absolute Gasteiger partial charge is 0.269 e. The molecule has 29 heavy (non-hydrogen) atoms. The summed E-state index contributed by atoms with van der Waals surface area (Å²) in [6, 6.07) is 20.5. The number of nitro benzene ring substituents is 1. The molecular weight excluding hydrogens is 371 g/mol. The van der Waals surface area contributed by atoms with Crippen molar-refractivity contribution in [1.29, 1.82) is 0 Å². The SMILES string of the molecule is O=[N+]([O-])c1cccc([C@@H]2C[C@H](c3ccccc3F)n3c(nc4ccccc43)N2)c1. The third kappa shape index (κ3) is 2.91. The summed E-state index contributed by atoms with van der Waals surface area (Å²) in [5.41, 5.74) is 3.12. The van der Waals surface area contributed by atoms with Crippen LogP contribution in [0.2, 0.25) is 0 Å². The molecule has 0 bridgehead atoms. The molecule has 3 aromatic carbocycles. The summed E-state index contributed by atoms with van der Waals surface area (Å²) in [6.07, 6.45) is 0.537. The van der Waals surface area contributed by atoms with Crippen LogP contribution in [0.3, 0.4) is 0 Å². The van der Waals surface area contributed by atoms with Gasteiger partial charge < -0.3 is 9.88 Å². The standard InChI is InChI=1S/C22H17FN4O2/c23-17-9-2-1-8-16(17)21-13-19(14-6-5-7-15(12-14)27(28)29)25-22-24-18-10-3-4-11-20(18)26(21)22/h1-12,19,21H,13H2,(H,24,25)/t19-,21+/m0/s1. The number of nitro groups is 1. The second kappa shape index (κ2) is 6.70. The van der Waals surface area contributed by atoms with Crippen molar-refractivity contribution in [2.75, 3.05) is 5.32 Å². The molecule has 0 amide bonds. The quantitative estimate of drug-likeness (QED) is 0.385. The predicted molar refractivity (Wildman–Crippen MR) is 108 cm³/mol. The van der Waals surface area contributed by atoms with Crippen LogP contribution in [0.1, 0.15) is 29.6 Å². The molecule has 0 saturated heterocycles. The Kier molecular flexibility index (Phi) is 4.01. The van der Waals surface area contributed by atoms with Gasteiger partial charge in [0, 0.05) is 17.7 Å². The first-order valence-electron chi connectivity index (χ1n) is 9.34. The highest BCUT2D eigenvalue weighted by Gasteiger charge is 2.32. The average molecular weight is 388 g/mol. The molecule has 2 heterocycles. The fourth-order valence-corrected chi connectivity index (χ4v) is 4.09. The van der Waals surface area contributed by atoms with Crippen molar-refractivity contribution < 1.29 is 9.31 Å². The lowest BCUT2D eigenvalue weighted by Crippen LogP contribution is -2.27. The van der Waals surface area contributed by atoms with E-state index in [4.69, 9.17) is 0 Å². The van der Waals surface area contributed by atoms with Gasteiger partial charge in [-0.25, -0.2) is 9.37 Å². The van der Waals surface area contributed by atoms with Crippen molar-refractivity contribution in [2.24, 2.45) is 0 Å². The van der Waals surface area contributed by atoms with E-state index in [-0.39, 0.29) is 23.6 Å². The fraction of sp³-hybridized carbons (Fsp3) is 0.136. The van der Waals surface area contributed by atoms with Crippen molar-refractivity contribution in [3.63, 3.8) is 0 Å². The van der Waals surface area contributed by atoms with Gasteiger partial charge in [-0.2, -0.15) is 0 Å². The lowest BCUT2D eigenvalue weighted by atomic mass is 9.92. The number of para-hydroxylation sites is 2. The minimum Gasteiger partial charge on any atom is -0.349 e. The van der Waals surface area contributed by atoms with E-state index in [1.807, 2.05) is 41.0 Å². The second-order valence-electron chi connectivity index (χ2n) is 7.12. The molecule has 6 nitrogen and oxygen atoms in total. The highest BCUT2D eigenvalue weighted by Crippen LogP contribution is 2.42. The summed E-state index contributed by atoms with van der Waals surface area (Å²) in [7, 11) is 0. The number of hydrogen-bond acceptors (Lipinski definition) is 4. The molecule has 0 radical (unpaired) electrons. The Morgan fingerprint density at radius 2 is 1.86 bits per heavy atom. The van der Waals surface area contributed by atoms with E-state index >= 15 is 0 Å². The van der Waals surface area contributed by atoms with Crippen LogP contribution < -0.4 is 5.32 Å². The number of nitrogens with one attached hydrogen (secondary N) is 1. The number of halogens is 1. The van der Waals surface area contributed by atoms with E-state index in [1.54, 1.807) is 24.3 Å². The summed E-state index contributed by atoms with van der Waals surface area (Å²) < 4.78 is 16.7. The number of benzene rings is 3. The first-order chi connectivity index (χ1) is 14.1. The number of anilines is 1. The van der Waals surface area contributed by atoms with E-state index in [0.29, 0.717) is 17.9 Å². The van der Waals surface area contributed by atoms with Gasteiger partial charge in [0.1, 0.15) is 5.82 Å². The second-order valence-corrected chi connectivity index (χ2v) is 7.12. The molecule has 5 rings (SSSR count). The van der Waals surface area contributed by atoms with Crippen molar-refractivity contribution in [3.8, 4) is 0 Å². The van der Waals surface area contributed by atoms with Crippen LogP contribution in [-0.4, -0.2) is 14.5 Å². The Morgan fingerprint density at radius 1 is 1.07 bits per heavy atom. The Balaban J connectivity index is 1.67. The number of hydrogen-bond donors (Lipinski definition) is 1. The molecular formula is C22H17FN4O2. The van der Waals surface area contributed by atoms with E-state index < -0.39 is 4.92 Å². The Bertz CT molecular complexity index is 1240. The maximum absolute atomic E-state index is 14.7. The van der Waals surface area contributed by atoms with Crippen molar-refractivity contribution in [3.05, 3.63) is 99.9 Å². The van der Waals surface area contributed by atoms with Crippen molar-refractivity contribution in [1.82, 2.24) is 9.55 Å². The monoisotopic (exact) mass is 388 g/mol. The van der Waals surface area contributed by atoms with Gasteiger partial charge in [-0.3, -0.25) is 10.1 Å². The molecule has 0 aliphatic carbocycles. The van der Waals surface area contributed by atoms with Gasteiger partial charge in [-0.1, -0.05) is 42.5 Å². The topological polar surface area (TPSA) is 73.0 Å². The highest BCUT2D eigenvalue weighted by molar-refractivity contribution is 5.79. The molecule has 1 aliphatic rings. The van der Waals surface area contributed by atoms with Crippen LogP contribution in [0.5, 0.6) is 0 Å². The zero-order valence-corrected chi connectivity index (χ0v) is 15.3. The lowest BCUT2D eigenvalue weighted by molar-refractivity contribution is -0.384. The van der Waals surface area contributed by atoms with Gasteiger partial charge in [0.05, 0.1) is 28.0 Å². The van der Waals surface area contributed by atoms with Crippen LogP contribution in [0.25, 0.3) is 11.0 Å². The Morgan fingerprint density at radius 3 is 2.69 bits per heavy atom. The minimum atomic E-state index is -0.407. The zero-order chi connectivity index (χ0) is 20.0. The van der Waals surface area contributed by atoms with Gasteiger partial charge in [-0.15, -0.1) is 0 Å². The third-order valence-electron chi connectivity index (χ3n) is 5.42. The summed E-state index contributed by atoms with van der Waals surface area (Å²) >= 11 is 0. The summed E-state index contributed by atoms with van der Waals surface area (Å²) in [4.78, 5) is 15.5. The first kappa shape index (κ1) is 17.4. The van der Waals surface area contributed by atoms with Gasteiger partial charge in [-0.05, 0) is 30.2 Å². The molecule has 4 aromatic rings. The molecule has 2 atom stereocenters. The predicted octanol–water partition coefficient (Wildman–Crippen LogP) is 5.23. The number of imidazole rings is 1. The largest absolute Gasteiger partial charge is 0.349 e. The third-order valence-corrected chi connectivity index (χ3v) is 5.42. The van der Waals surface area contributed by atoms with E-state index in [0.717, 1.165) is 16.6 Å². The minimum absolute atomic E-state index is 0.0332. The van der Waals surface area contributed by atoms with Crippen LogP contribution in [-0.2, 0) is 0 Å². The molecule has 0 saturated carbocycles. The van der Waals surface area contributed by atoms with E-state index in [9.17, 15) is 14.5 Å². The van der Waals surface area contributed by atoms with Crippen LogP contribution in [0, 0.1) is 15.9 Å².